The molecule has 4 N–H and O–H groups in total. The van der Waals surface area contributed by atoms with E-state index in [1.54, 1.807) is 6.08 Å². The number of piperidine rings is 1. The molecule has 0 radical (unpaired) electrons. The monoisotopic (exact) mass is 574 g/mol. The second-order valence-corrected chi connectivity index (χ2v) is 10.9. The standard InChI is InChI=1S/C28H34N2O11/c1-14(25(33)34)38-26(35)18(40-20(31)7-10-29)13-21(32)39-17-6-8-28(36)19-12-15-4-5-16(37-3)23-22(15)27(28,24(17)41-23)9-11-30(19)2/h4-6,14,18-19,24,36H,7-13,29H2,1-3H3,(H,33,34)/t14-,18-,19+,24-,27-,28+/m0/s1. The van der Waals surface area contributed by atoms with Crippen LogP contribution in [0, 0.1) is 0 Å². The first-order chi connectivity index (χ1) is 19.5. The third kappa shape index (κ3) is 4.52. The summed E-state index contributed by atoms with van der Waals surface area (Å²) in [4.78, 5) is 51.2. The molecular formula is C28H34N2O11. The van der Waals surface area contributed by atoms with Gasteiger partial charge in [0.1, 0.15) is 5.76 Å². The van der Waals surface area contributed by atoms with Gasteiger partial charge in [-0.05, 0) is 51.1 Å². The van der Waals surface area contributed by atoms with Crippen LogP contribution in [-0.2, 0) is 45.2 Å². The zero-order valence-corrected chi connectivity index (χ0v) is 23.1. The zero-order chi connectivity index (χ0) is 29.7. The second kappa shape index (κ2) is 10.6. The van der Waals surface area contributed by atoms with Crippen LogP contribution < -0.4 is 15.2 Å². The molecule has 1 saturated heterocycles. The molecule has 2 bridgehead atoms. The number of rotatable bonds is 10. The van der Waals surface area contributed by atoms with E-state index in [2.05, 4.69) is 4.90 Å². The van der Waals surface area contributed by atoms with Crippen LogP contribution in [0.4, 0.5) is 0 Å². The lowest BCUT2D eigenvalue weighted by Gasteiger charge is -2.61. The Kier molecular flexibility index (Phi) is 7.47. The minimum absolute atomic E-state index is 0.0599. The average molecular weight is 575 g/mol. The maximum absolute atomic E-state index is 13.2. The van der Waals surface area contributed by atoms with E-state index >= 15 is 0 Å². The van der Waals surface area contributed by atoms with Crippen molar-refractivity contribution in [3.05, 3.63) is 35.1 Å². The summed E-state index contributed by atoms with van der Waals surface area (Å²) in [6.07, 6.45) is -2.16. The Labute approximate surface area is 236 Å². The molecule has 5 rings (SSSR count). The number of esters is 3. The molecule has 2 heterocycles. The molecule has 4 aliphatic rings. The van der Waals surface area contributed by atoms with Gasteiger partial charge in [-0.25, -0.2) is 9.59 Å². The van der Waals surface area contributed by atoms with Crippen LogP contribution in [0.2, 0.25) is 0 Å². The molecule has 13 nitrogen and oxygen atoms in total. The molecule has 0 unspecified atom stereocenters. The topological polar surface area (TPSA) is 184 Å². The molecule has 1 aromatic rings. The minimum atomic E-state index is -1.75. The van der Waals surface area contributed by atoms with Gasteiger partial charge >= 0.3 is 23.9 Å². The van der Waals surface area contributed by atoms with Crippen LogP contribution >= 0.6 is 0 Å². The quantitative estimate of drug-likeness (QED) is 0.254. The van der Waals surface area contributed by atoms with Crippen LogP contribution in [0.5, 0.6) is 11.5 Å². The van der Waals surface area contributed by atoms with Crippen LogP contribution in [-0.4, -0.2) is 96.2 Å². The molecule has 1 spiro atoms. The van der Waals surface area contributed by atoms with Crippen molar-refractivity contribution in [2.24, 2.45) is 5.73 Å². The van der Waals surface area contributed by atoms with Crippen molar-refractivity contribution in [3.8, 4) is 11.5 Å². The number of carboxylic acid groups (broad SMARTS) is 1. The molecule has 6 atom stereocenters. The van der Waals surface area contributed by atoms with Gasteiger partial charge in [-0.15, -0.1) is 0 Å². The molecule has 0 amide bonds. The van der Waals surface area contributed by atoms with E-state index in [4.69, 9.17) is 34.5 Å². The highest BCUT2D eigenvalue weighted by Gasteiger charge is 2.72. The molecule has 41 heavy (non-hydrogen) atoms. The number of ether oxygens (including phenoxy) is 5. The number of hydrogen-bond acceptors (Lipinski definition) is 12. The summed E-state index contributed by atoms with van der Waals surface area (Å²) in [6.45, 7) is 1.74. The van der Waals surface area contributed by atoms with Crippen LogP contribution in [0.1, 0.15) is 43.7 Å². The van der Waals surface area contributed by atoms with Crippen molar-refractivity contribution in [2.45, 2.75) is 74.4 Å². The first kappa shape index (κ1) is 28.8. The third-order valence-corrected chi connectivity index (χ3v) is 8.67. The van der Waals surface area contributed by atoms with Gasteiger partial charge in [-0.3, -0.25) is 9.59 Å². The van der Waals surface area contributed by atoms with Crippen LogP contribution in [0.25, 0.3) is 0 Å². The van der Waals surface area contributed by atoms with Crippen molar-refractivity contribution in [1.29, 1.82) is 0 Å². The fraction of sp³-hybridized carbons (Fsp3) is 0.571. The van der Waals surface area contributed by atoms with E-state index in [0.717, 1.165) is 18.1 Å². The first-order valence-electron chi connectivity index (χ1n) is 13.5. The number of hydrogen-bond donors (Lipinski definition) is 3. The van der Waals surface area contributed by atoms with E-state index in [0.29, 0.717) is 30.9 Å². The van der Waals surface area contributed by atoms with E-state index in [-0.39, 0.29) is 31.2 Å². The lowest BCUT2D eigenvalue weighted by molar-refractivity contribution is -0.179. The van der Waals surface area contributed by atoms with Crippen molar-refractivity contribution in [3.63, 3.8) is 0 Å². The summed E-state index contributed by atoms with van der Waals surface area (Å²) >= 11 is 0. The molecule has 1 fully saturated rings. The molecule has 13 heteroatoms. The smallest absolute Gasteiger partial charge is 0.348 e. The number of likely N-dealkylation sites (tertiary alicyclic amines) is 1. The molecule has 0 saturated carbocycles. The SMILES string of the molecule is COc1ccc2c3c1O[C@H]1C(OC(=O)C[C@H](OC(=O)CCN)C(=O)O[C@@H](C)C(=O)O)=CC[C@@]4(O)[C@@H](C2)N(C)CC[C@]314. The Morgan fingerprint density at radius 1 is 1.22 bits per heavy atom. The van der Waals surface area contributed by atoms with Gasteiger partial charge in [0.05, 0.1) is 31.0 Å². The maximum Gasteiger partial charge on any atom is 0.348 e. The lowest BCUT2D eigenvalue weighted by atomic mass is 9.50. The predicted octanol–water partition coefficient (Wildman–Crippen LogP) is 0.183. The normalized spacial score (nSPS) is 28.8. The second-order valence-electron chi connectivity index (χ2n) is 10.9. The van der Waals surface area contributed by atoms with Gasteiger partial charge < -0.3 is 44.5 Å². The van der Waals surface area contributed by atoms with E-state index in [9.17, 15) is 24.3 Å². The third-order valence-electron chi connectivity index (χ3n) is 8.67. The number of aliphatic hydroxyl groups is 1. The Balaban J connectivity index is 1.43. The highest BCUT2D eigenvalue weighted by Crippen LogP contribution is 2.65. The van der Waals surface area contributed by atoms with Gasteiger partial charge in [0.25, 0.3) is 0 Å². The number of carbonyl (C=O) groups is 4. The number of carboxylic acids is 1. The van der Waals surface area contributed by atoms with Gasteiger partial charge in [0.2, 0.25) is 6.10 Å². The van der Waals surface area contributed by atoms with E-state index in [1.807, 2.05) is 19.2 Å². The van der Waals surface area contributed by atoms with Gasteiger partial charge in [-0.1, -0.05) is 6.07 Å². The Bertz CT molecular complexity index is 1310. The average Bonchev–Trinajstić information content (AvgIpc) is 3.27. The summed E-state index contributed by atoms with van der Waals surface area (Å²) in [7, 11) is 3.51. The largest absolute Gasteiger partial charge is 0.493 e. The van der Waals surface area contributed by atoms with E-state index < -0.39 is 59.6 Å². The summed E-state index contributed by atoms with van der Waals surface area (Å²) in [5, 5.41) is 21.4. The maximum atomic E-state index is 13.2. The van der Waals surface area contributed by atoms with Gasteiger partial charge in [0, 0.05) is 24.6 Å². The van der Waals surface area contributed by atoms with Gasteiger partial charge in [-0.2, -0.15) is 0 Å². The fourth-order valence-electron chi connectivity index (χ4n) is 6.72. The molecule has 0 aromatic heterocycles. The van der Waals surface area contributed by atoms with Crippen molar-refractivity contribution < 1.29 is 53.1 Å². The summed E-state index contributed by atoms with van der Waals surface area (Å²) < 4.78 is 27.7. The van der Waals surface area contributed by atoms with E-state index in [1.165, 1.54) is 7.11 Å². The van der Waals surface area contributed by atoms with Crippen LogP contribution in [0.3, 0.4) is 0 Å². The molecule has 2 aliphatic carbocycles. The Morgan fingerprint density at radius 2 is 1.98 bits per heavy atom. The molecule has 222 valence electrons. The van der Waals surface area contributed by atoms with Crippen molar-refractivity contribution in [1.82, 2.24) is 4.90 Å². The molecule has 1 aromatic carbocycles. The Hall–Kier alpha value is -3.68. The number of aliphatic carboxylic acids is 1. The zero-order valence-electron chi connectivity index (χ0n) is 23.1. The summed E-state index contributed by atoms with van der Waals surface area (Å²) in [5.74, 6) is -3.26. The number of nitrogens with two attached hydrogens (primary N) is 1. The lowest BCUT2D eigenvalue weighted by Crippen LogP contribution is -2.74. The first-order valence-corrected chi connectivity index (χ1v) is 13.5. The number of benzene rings is 1. The van der Waals surface area contributed by atoms with Crippen molar-refractivity contribution >= 4 is 23.9 Å². The predicted molar refractivity (Wildman–Crippen MR) is 139 cm³/mol. The molecular weight excluding hydrogens is 540 g/mol. The number of carbonyl (C=O) groups excluding carboxylic acids is 3. The van der Waals surface area contributed by atoms with Crippen molar-refractivity contribution in [2.75, 3.05) is 27.2 Å². The highest BCUT2D eigenvalue weighted by atomic mass is 16.6. The number of nitrogens with zero attached hydrogens (tertiary/aromatic N) is 1. The minimum Gasteiger partial charge on any atom is -0.493 e. The Morgan fingerprint density at radius 3 is 2.66 bits per heavy atom. The van der Waals surface area contributed by atoms with Gasteiger partial charge in [0.15, 0.2) is 23.7 Å². The summed E-state index contributed by atoms with van der Waals surface area (Å²) in [6, 6.07) is 3.60. The highest BCUT2D eigenvalue weighted by molar-refractivity contribution is 5.86. The summed E-state index contributed by atoms with van der Waals surface area (Å²) in [5.41, 5.74) is 5.15. The molecule has 2 aliphatic heterocycles. The van der Waals surface area contributed by atoms with Crippen LogP contribution in [0.15, 0.2) is 24.0 Å². The number of likely N-dealkylation sites (N-methyl/N-ethyl adjacent to an activating group) is 1. The fourth-order valence-corrected chi connectivity index (χ4v) is 6.72. The number of methoxy groups -OCH3 is 1.